The third-order valence-electron chi connectivity index (χ3n) is 3.41. The Kier molecular flexibility index (Phi) is 3.90. The zero-order valence-corrected chi connectivity index (χ0v) is 12.5. The molecule has 2 nitrogen and oxygen atoms in total. The van der Waals surface area contributed by atoms with Crippen LogP contribution in [0, 0.1) is 5.82 Å². The minimum atomic E-state index is -0.296. The normalized spacial score (nSPS) is 12.5. The fourth-order valence-corrected chi connectivity index (χ4v) is 3.25. The van der Waals surface area contributed by atoms with Crippen LogP contribution in [0.1, 0.15) is 24.1 Å². The van der Waals surface area contributed by atoms with E-state index in [-0.39, 0.29) is 11.9 Å². The highest BCUT2D eigenvalue weighted by molar-refractivity contribution is 7.17. The number of ether oxygens (including phenoxy) is 1. The quantitative estimate of drug-likeness (QED) is 0.762. The summed E-state index contributed by atoms with van der Waals surface area (Å²) in [4.78, 5) is 0. The monoisotopic (exact) mass is 301 g/mol. The van der Waals surface area contributed by atoms with Gasteiger partial charge in [-0.25, -0.2) is 4.39 Å². The summed E-state index contributed by atoms with van der Waals surface area (Å²) in [5, 5.41) is 3.30. The predicted molar refractivity (Wildman–Crippen MR) is 85.2 cm³/mol. The standard InChI is InChI=1S/C17H16FNOS/c1-11(19)15-8-13(18)6-7-16(15)20-9-12-10-21-17-5-3-2-4-14(12)17/h2-8,10-11H,9,19H2,1H3/t11-/m0/s1. The van der Waals surface area contributed by atoms with E-state index in [0.717, 1.165) is 5.56 Å². The van der Waals surface area contributed by atoms with E-state index in [4.69, 9.17) is 10.5 Å². The van der Waals surface area contributed by atoms with Crippen LogP contribution in [0.4, 0.5) is 4.39 Å². The van der Waals surface area contributed by atoms with Gasteiger partial charge in [0, 0.05) is 21.9 Å². The molecule has 0 bridgehead atoms. The van der Waals surface area contributed by atoms with Crippen LogP contribution >= 0.6 is 11.3 Å². The average Bonchev–Trinajstić information content (AvgIpc) is 2.89. The van der Waals surface area contributed by atoms with Crippen LogP contribution in [0.15, 0.2) is 47.8 Å². The predicted octanol–water partition coefficient (Wildman–Crippen LogP) is 4.64. The van der Waals surface area contributed by atoms with E-state index in [1.807, 2.05) is 19.1 Å². The molecule has 1 aromatic heterocycles. The largest absolute Gasteiger partial charge is 0.489 e. The Hall–Kier alpha value is -1.91. The van der Waals surface area contributed by atoms with Crippen LogP contribution < -0.4 is 10.5 Å². The first-order valence-corrected chi connectivity index (χ1v) is 7.66. The van der Waals surface area contributed by atoms with Crippen molar-refractivity contribution in [1.82, 2.24) is 0 Å². The van der Waals surface area contributed by atoms with E-state index in [2.05, 4.69) is 17.5 Å². The van der Waals surface area contributed by atoms with Crippen molar-refractivity contribution in [2.45, 2.75) is 19.6 Å². The van der Waals surface area contributed by atoms with Gasteiger partial charge in [0.1, 0.15) is 18.2 Å². The molecule has 0 saturated heterocycles. The highest BCUT2D eigenvalue weighted by Crippen LogP contribution is 2.29. The average molecular weight is 301 g/mol. The highest BCUT2D eigenvalue weighted by Gasteiger charge is 2.11. The second-order valence-electron chi connectivity index (χ2n) is 5.02. The van der Waals surface area contributed by atoms with Crippen LogP contribution in [0.2, 0.25) is 0 Å². The molecule has 0 aliphatic carbocycles. The molecule has 1 heterocycles. The molecule has 0 spiro atoms. The molecule has 2 aromatic carbocycles. The van der Waals surface area contributed by atoms with Crippen molar-refractivity contribution in [2.75, 3.05) is 0 Å². The number of thiophene rings is 1. The van der Waals surface area contributed by atoms with Gasteiger partial charge in [0.25, 0.3) is 0 Å². The number of halogens is 1. The lowest BCUT2D eigenvalue weighted by Crippen LogP contribution is -2.08. The Labute approximate surface area is 127 Å². The summed E-state index contributed by atoms with van der Waals surface area (Å²) in [5.41, 5.74) is 7.70. The number of fused-ring (bicyclic) bond motifs is 1. The van der Waals surface area contributed by atoms with Crippen LogP contribution in [-0.2, 0) is 6.61 Å². The first kappa shape index (κ1) is 14.0. The van der Waals surface area contributed by atoms with Crippen molar-refractivity contribution in [3.8, 4) is 5.75 Å². The summed E-state index contributed by atoms with van der Waals surface area (Å²) < 4.78 is 20.4. The zero-order valence-electron chi connectivity index (χ0n) is 11.7. The number of rotatable bonds is 4. The maximum absolute atomic E-state index is 13.3. The van der Waals surface area contributed by atoms with E-state index < -0.39 is 0 Å². The third kappa shape index (κ3) is 2.91. The first-order chi connectivity index (χ1) is 10.1. The van der Waals surface area contributed by atoms with E-state index in [1.165, 1.54) is 22.2 Å². The molecule has 4 heteroatoms. The van der Waals surface area contributed by atoms with Gasteiger partial charge in [-0.15, -0.1) is 11.3 Å². The molecule has 1 atom stereocenters. The zero-order chi connectivity index (χ0) is 14.8. The molecule has 2 N–H and O–H groups in total. The summed E-state index contributed by atoms with van der Waals surface area (Å²) in [6.45, 7) is 2.27. The Morgan fingerprint density at radius 1 is 1.24 bits per heavy atom. The van der Waals surface area contributed by atoms with Gasteiger partial charge in [0.15, 0.2) is 0 Å². The van der Waals surface area contributed by atoms with E-state index in [1.54, 1.807) is 17.4 Å². The van der Waals surface area contributed by atoms with Crippen molar-refractivity contribution >= 4 is 21.4 Å². The molecule has 0 amide bonds. The van der Waals surface area contributed by atoms with E-state index >= 15 is 0 Å². The van der Waals surface area contributed by atoms with Gasteiger partial charge < -0.3 is 10.5 Å². The minimum absolute atomic E-state index is 0.269. The highest BCUT2D eigenvalue weighted by atomic mass is 32.1. The fraction of sp³-hybridized carbons (Fsp3) is 0.176. The fourth-order valence-electron chi connectivity index (χ4n) is 2.31. The van der Waals surface area contributed by atoms with Gasteiger partial charge in [-0.3, -0.25) is 0 Å². The maximum Gasteiger partial charge on any atom is 0.124 e. The summed E-state index contributed by atoms with van der Waals surface area (Å²) >= 11 is 1.70. The summed E-state index contributed by atoms with van der Waals surface area (Å²) in [6.07, 6.45) is 0. The summed E-state index contributed by atoms with van der Waals surface area (Å²) in [6, 6.07) is 12.4. The second-order valence-corrected chi connectivity index (χ2v) is 5.93. The number of nitrogens with two attached hydrogens (primary N) is 1. The molecule has 0 unspecified atom stereocenters. The van der Waals surface area contributed by atoms with Gasteiger partial charge in [0.05, 0.1) is 0 Å². The molecule has 0 saturated carbocycles. The third-order valence-corrected chi connectivity index (χ3v) is 4.42. The molecule has 0 fully saturated rings. The van der Waals surface area contributed by atoms with Crippen LogP contribution in [0.3, 0.4) is 0 Å². The SMILES string of the molecule is C[C@H](N)c1cc(F)ccc1OCc1csc2ccccc12. The van der Waals surface area contributed by atoms with Crippen molar-refractivity contribution in [1.29, 1.82) is 0 Å². The first-order valence-electron chi connectivity index (χ1n) is 6.78. The molecule has 0 radical (unpaired) electrons. The molecule has 3 rings (SSSR count). The number of hydrogen-bond donors (Lipinski definition) is 1. The minimum Gasteiger partial charge on any atom is -0.489 e. The van der Waals surface area contributed by atoms with Gasteiger partial charge in [-0.05, 0) is 42.0 Å². The van der Waals surface area contributed by atoms with Crippen LogP contribution in [0.5, 0.6) is 5.75 Å². The Morgan fingerprint density at radius 2 is 2.05 bits per heavy atom. The summed E-state index contributed by atoms with van der Waals surface area (Å²) in [5.74, 6) is 0.345. The number of hydrogen-bond acceptors (Lipinski definition) is 3. The lowest BCUT2D eigenvalue weighted by atomic mass is 10.1. The molecular formula is C17H16FNOS. The topological polar surface area (TPSA) is 35.2 Å². The lowest BCUT2D eigenvalue weighted by Gasteiger charge is -2.14. The lowest BCUT2D eigenvalue weighted by molar-refractivity contribution is 0.302. The molecule has 21 heavy (non-hydrogen) atoms. The molecular weight excluding hydrogens is 285 g/mol. The Bertz CT molecular complexity index is 766. The molecule has 3 aromatic rings. The molecule has 0 aliphatic rings. The van der Waals surface area contributed by atoms with E-state index in [0.29, 0.717) is 17.9 Å². The smallest absolute Gasteiger partial charge is 0.124 e. The molecule has 0 aliphatic heterocycles. The van der Waals surface area contributed by atoms with Crippen molar-refractivity contribution in [3.05, 3.63) is 64.8 Å². The van der Waals surface area contributed by atoms with E-state index in [9.17, 15) is 4.39 Å². The van der Waals surface area contributed by atoms with Crippen molar-refractivity contribution in [2.24, 2.45) is 5.73 Å². The second kappa shape index (κ2) is 5.84. The van der Waals surface area contributed by atoms with Crippen molar-refractivity contribution in [3.63, 3.8) is 0 Å². The summed E-state index contributed by atoms with van der Waals surface area (Å²) in [7, 11) is 0. The van der Waals surface area contributed by atoms with Gasteiger partial charge in [0.2, 0.25) is 0 Å². The molecule has 108 valence electrons. The maximum atomic E-state index is 13.3. The Balaban J connectivity index is 1.85. The van der Waals surface area contributed by atoms with Gasteiger partial charge in [-0.2, -0.15) is 0 Å². The Morgan fingerprint density at radius 3 is 2.86 bits per heavy atom. The van der Waals surface area contributed by atoms with Crippen LogP contribution in [0.25, 0.3) is 10.1 Å². The van der Waals surface area contributed by atoms with Gasteiger partial charge >= 0.3 is 0 Å². The van der Waals surface area contributed by atoms with Crippen LogP contribution in [-0.4, -0.2) is 0 Å². The van der Waals surface area contributed by atoms with Crippen molar-refractivity contribution < 1.29 is 9.13 Å². The van der Waals surface area contributed by atoms with Gasteiger partial charge in [-0.1, -0.05) is 18.2 Å². The number of benzene rings is 2.